The van der Waals surface area contributed by atoms with Crippen LogP contribution < -0.4 is 26.0 Å². The van der Waals surface area contributed by atoms with Gasteiger partial charge in [-0.15, -0.1) is 0 Å². The van der Waals surface area contributed by atoms with Crippen molar-refractivity contribution in [3.05, 3.63) is 152 Å². The number of nitriles is 1. The van der Waals surface area contributed by atoms with Gasteiger partial charge in [-0.1, -0.05) is 66.4 Å². The normalized spacial score (nSPS) is 16.5. The van der Waals surface area contributed by atoms with Crippen LogP contribution >= 0.6 is 8.53 Å². The second-order valence-corrected chi connectivity index (χ2v) is 17.1. The minimum atomic E-state index is -1.76. The van der Waals surface area contributed by atoms with Gasteiger partial charge in [0.2, 0.25) is 5.91 Å². The maximum atomic E-state index is 13.6. The van der Waals surface area contributed by atoms with Gasteiger partial charge < -0.3 is 37.7 Å². The fraction of sp³-hybridized carbons (Fsp3) is 0.388. The van der Waals surface area contributed by atoms with Crippen LogP contribution in [-0.4, -0.2) is 71.9 Å². The minimum absolute atomic E-state index is 0.0110. The number of nitrogens with zero attached hydrogens (tertiary/aromatic N) is 3. The van der Waals surface area contributed by atoms with Crippen molar-refractivity contribution in [2.75, 3.05) is 27.4 Å². The first-order chi connectivity index (χ1) is 31.5. The maximum absolute atomic E-state index is 13.6. The zero-order valence-electron chi connectivity index (χ0n) is 37.5. The molecule has 1 amide bonds. The van der Waals surface area contributed by atoms with Gasteiger partial charge in [0.15, 0.2) is 0 Å². The van der Waals surface area contributed by atoms with Crippen molar-refractivity contribution in [1.29, 1.82) is 5.26 Å². The molecule has 4 atom stereocenters. The Hall–Kier alpha value is -6.03. The number of amides is 1. The summed E-state index contributed by atoms with van der Waals surface area (Å²) in [7, 11) is 1.47. The number of furan rings is 1. The van der Waals surface area contributed by atoms with E-state index in [2.05, 4.69) is 60.6 Å². The molecular formula is C49H56N5O10P. The highest BCUT2D eigenvalue weighted by atomic mass is 31.2. The first kappa shape index (κ1) is 48.4. The SMILES string of the molecule is COc1ccc(C(OC[C@H]2O[C@@H](n3cc(C#CCCC(=O)NCc4ccco4)c(=O)[nH]c3=O)C[C@@H]2OP(OCCC#N)N(C(C)C)C(C)C)(c2ccccc2)c2ccc(OC)cc2)cc1. The molecule has 65 heavy (non-hydrogen) atoms. The minimum Gasteiger partial charge on any atom is -0.497 e. The number of aromatic amines is 1. The van der Waals surface area contributed by atoms with Crippen molar-refractivity contribution >= 4 is 14.4 Å². The van der Waals surface area contributed by atoms with E-state index in [1.54, 1.807) is 26.4 Å². The van der Waals surface area contributed by atoms with E-state index in [4.69, 9.17) is 32.4 Å². The van der Waals surface area contributed by atoms with E-state index in [0.29, 0.717) is 17.3 Å². The number of hydrogen-bond acceptors (Lipinski definition) is 12. The third kappa shape index (κ3) is 12.2. The summed E-state index contributed by atoms with van der Waals surface area (Å²) in [6.45, 7) is 8.56. The second kappa shape index (κ2) is 23.2. The second-order valence-electron chi connectivity index (χ2n) is 15.7. The smallest absolute Gasteiger partial charge is 0.330 e. The number of H-pyrrole nitrogens is 1. The molecule has 2 N–H and O–H groups in total. The van der Waals surface area contributed by atoms with Gasteiger partial charge in [-0.05, 0) is 80.8 Å². The molecule has 0 bridgehead atoms. The number of benzene rings is 3. The maximum Gasteiger partial charge on any atom is 0.330 e. The van der Waals surface area contributed by atoms with E-state index in [9.17, 15) is 19.6 Å². The average molecular weight is 906 g/mol. The lowest BCUT2D eigenvalue weighted by molar-refractivity contribution is -0.121. The van der Waals surface area contributed by atoms with E-state index >= 15 is 0 Å². The lowest BCUT2D eigenvalue weighted by Gasteiger charge is -2.39. The summed E-state index contributed by atoms with van der Waals surface area (Å²) in [6.07, 6.45) is 1.07. The molecular weight excluding hydrogens is 850 g/mol. The van der Waals surface area contributed by atoms with Crippen molar-refractivity contribution in [2.45, 2.75) is 96.0 Å². The molecule has 1 unspecified atom stereocenters. The summed E-state index contributed by atoms with van der Waals surface area (Å²) in [5.74, 6) is 7.47. The van der Waals surface area contributed by atoms with E-state index in [1.165, 1.54) is 17.0 Å². The van der Waals surface area contributed by atoms with Crippen molar-refractivity contribution in [1.82, 2.24) is 19.5 Å². The quantitative estimate of drug-likeness (QED) is 0.0320. The molecule has 0 spiro atoms. The molecule has 3 heterocycles. The molecule has 0 radical (unpaired) electrons. The largest absolute Gasteiger partial charge is 0.497 e. The molecule has 0 saturated carbocycles. The third-order valence-electron chi connectivity index (χ3n) is 10.7. The number of rotatable bonds is 21. The van der Waals surface area contributed by atoms with Crippen LogP contribution in [0.15, 0.2) is 117 Å². The molecule has 1 saturated heterocycles. The highest BCUT2D eigenvalue weighted by Crippen LogP contribution is 2.50. The van der Waals surface area contributed by atoms with Crippen LogP contribution in [0.2, 0.25) is 0 Å². The van der Waals surface area contributed by atoms with Crippen LogP contribution in [0.25, 0.3) is 0 Å². The summed E-state index contributed by atoms with van der Waals surface area (Å²) < 4.78 is 47.1. The summed E-state index contributed by atoms with van der Waals surface area (Å²) in [6, 6.07) is 30.9. The van der Waals surface area contributed by atoms with Crippen LogP contribution in [-0.2, 0) is 35.5 Å². The van der Waals surface area contributed by atoms with Crippen LogP contribution in [0.4, 0.5) is 0 Å². The highest BCUT2D eigenvalue weighted by molar-refractivity contribution is 7.44. The Morgan fingerprint density at radius 1 is 0.923 bits per heavy atom. The zero-order valence-corrected chi connectivity index (χ0v) is 38.4. The van der Waals surface area contributed by atoms with Crippen molar-refractivity contribution < 1.29 is 37.2 Å². The van der Waals surface area contributed by atoms with Crippen molar-refractivity contribution in [2.24, 2.45) is 0 Å². The zero-order chi connectivity index (χ0) is 46.3. The van der Waals surface area contributed by atoms with Crippen LogP contribution in [0.5, 0.6) is 11.5 Å². The van der Waals surface area contributed by atoms with Gasteiger partial charge in [0.25, 0.3) is 14.1 Å². The molecule has 6 rings (SSSR count). The van der Waals surface area contributed by atoms with Gasteiger partial charge in [-0.25, -0.2) is 9.46 Å². The van der Waals surface area contributed by atoms with E-state index < -0.39 is 43.8 Å². The highest BCUT2D eigenvalue weighted by Gasteiger charge is 2.45. The summed E-state index contributed by atoms with van der Waals surface area (Å²) >= 11 is 0. The predicted octanol–water partition coefficient (Wildman–Crippen LogP) is 7.55. The first-order valence-corrected chi connectivity index (χ1v) is 22.6. The molecule has 5 aromatic rings. The van der Waals surface area contributed by atoms with Crippen molar-refractivity contribution in [3.63, 3.8) is 0 Å². The molecule has 15 nitrogen and oxygen atoms in total. The lowest BCUT2D eigenvalue weighted by Crippen LogP contribution is -2.39. The summed E-state index contributed by atoms with van der Waals surface area (Å²) in [5.41, 5.74) is -0.0837. The molecule has 16 heteroatoms. The Labute approximate surface area is 380 Å². The van der Waals surface area contributed by atoms with Gasteiger partial charge in [0.05, 0.1) is 58.8 Å². The van der Waals surface area contributed by atoms with Crippen LogP contribution in [0, 0.1) is 23.2 Å². The molecule has 0 aliphatic carbocycles. The molecule has 2 aromatic heterocycles. The molecule has 1 aliphatic rings. The molecule has 3 aromatic carbocycles. The van der Waals surface area contributed by atoms with Gasteiger partial charge in [0, 0.05) is 37.5 Å². The number of methoxy groups -OCH3 is 2. The number of nitrogens with one attached hydrogen (secondary N) is 2. The number of ether oxygens (including phenoxy) is 4. The molecule has 342 valence electrons. The van der Waals surface area contributed by atoms with Gasteiger partial charge in [-0.2, -0.15) is 5.26 Å². The Morgan fingerprint density at radius 2 is 1.57 bits per heavy atom. The Kier molecular flexibility index (Phi) is 17.3. The number of aromatic nitrogens is 2. The number of carbonyl (C=O) groups is 1. The predicted molar refractivity (Wildman–Crippen MR) is 245 cm³/mol. The Morgan fingerprint density at radius 3 is 2.15 bits per heavy atom. The molecule has 1 fully saturated rings. The lowest BCUT2D eigenvalue weighted by atomic mass is 9.80. The fourth-order valence-corrected chi connectivity index (χ4v) is 9.39. The topological polar surface area (TPSA) is 180 Å². The average Bonchev–Trinajstić information content (AvgIpc) is 3.99. The van der Waals surface area contributed by atoms with Crippen LogP contribution in [0.1, 0.15) is 87.6 Å². The monoisotopic (exact) mass is 905 g/mol. The Bertz CT molecular complexity index is 2450. The van der Waals surface area contributed by atoms with Crippen LogP contribution in [0.3, 0.4) is 0 Å². The van der Waals surface area contributed by atoms with E-state index in [1.807, 2.05) is 78.9 Å². The van der Waals surface area contributed by atoms with Crippen molar-refractivity contribution in [3.8, 4) is 29.4 Å². The molecule has 1 aliphatic heterocycles. The standard InChI is InChI=1S/C49H56N5O10P/c1-34(2)54(35(3)4)65(62-29-13-27-50)64-43-30-46(53-32-36(47(56)52-48(53)57)14-10-11-18-45(55)51-31-42-17-12-28-60-42)63-44(43)33-61-49(37-15-8-7-9-16-37,38-19-23-40(58-5)24-20-38)39-21-25-41(59-6)26-22-39/h7-9,12,15-17,19-26,28,32,34-35,43-44,46H,11,13,18,29-31,33H2,1-6H3,(H,51,55)(H,52,56,57)/t43-,44+,46+,65?/m0/s1. The number of hydrogen-bond donors (Lipinski definition) is 2. The number of carbonyl (C=O) groups excluding carboxylic acids is 1. The van der Waals surface area contributed by atoms with Gasteiger partial charge >= 0.3 is 5.69 Å². The summed E-state index contributed by atoms with van der Waals surface area (Å²) in [5, 5.41) is 12.2. The first-order valence-electron chi connectivity index (χ1n) is 21.5. The van der Waals surface area contributed by atoms with E-state index in [-0.39, 0.29) is 69.0 Å². The Balaban J connectivity index is 1.36. The van der Waals surface area contributed by atoms with E-state index in [0.717, 1.165) is 16.7 Å². The van der Waals surface area contributed by atoms with Gasteiger partial charge in [0.1, 0.15) is 40.8 Å². The fourth-order valence-electron chi connectivity index (χ4n) is 7.63. The van der Waals surface area contributed by atoms with Gasteiger partial charge in [-0.3, -0.25) is 19.1 Å². The third-order valence-corrected chi connectivity index (χ3v) is 12.9. The summed E-state index contributed by atoms with van der Waals surface area (Å²) in [4.78, 5) is 41.5.